The standard InChI is InChI=1S/C10H17NS/c1-7(2)6-9(11)10-8(3)4-5-12-10/h4-5,7,9H,6,11H2,1-3H3/t9-/m1/s1. The maximum atomic E-state index is 6.05. The molecule has 0 aromatic carbocycles. The van der Waals surface area contributed by atoms with Crippen molar-refractivity contribution in [3.05, 3.63) is 21.9 Å². The van der Waals surface area contributed by atoms with Crippen molar-refractivity contribution in [3.8, 4) is 0 Å². The van der Waals surface area contributed by atoms with Gasteiger partial charge in [0, 0.05) is 10.9 Å². The van der Waals surface area contributed by atoms with Crippen molar-refractivity contribution in [2.24, 2.45) is 11.7 Å². The van der Waals surface area contributed by atoms with Crippen LogP contribution in [0.2, 0.25) is 0 Å². The van der Waals surface area contributed by atoms with Gasteiger partial charge >= 0.3 is 0 Å². The second-order valence-corrected chi connectivity index (χ2v) is 4.65. The Hall–Kier alpha value is -0.340. The first kappa shape index (κ1) is 9.75. The Bertz CT molecular complexity index is 240. The molecule has 0 unspecified atom stereocenters. The normalized spacial score (nSPS) is 13.8. The molecule has 0 radical (unpaired) electrons. The summed E-state index contributed by atoms with van der Waals surface area (Å²) in [7, 11) is 0. The van der Waals surface area contributed by atoms with Crippen LogP contribution < -0.4 is 5.73 Å². The minimum absolute atomic E-state index is 0.241. The summed E-state index contributed by atoms with van der Waals surface area (Å²) < 4.78 is 0. The van der Waals surface area contributed by atoms with Crippen molar-refractivity contribution in [1.82, 2.24) is 0 Å². The first-order chi connectivity index (χ1) is 5.61. The summed E-state index contributed by atoms with van der Waals surface area (Å²) >= 11 is 1.77. The van der Waals surface area contributed by atoms with Gasteiger partial charge in [0.05, 0.1) is 0 Å². The average Bonchev–Trinajstić information content (AvgIpc) is 2.33. The lowest BCUT2D eigenvalue weighted by atomic mass is 10.0. The molecule has 2 N–H and O–H groups in total. The van der Waals surface area contributed by atoms with Gasteiger partial charge < -0.3 is 5.73 Å². The fourth-order valence-electron chi connectivity index (χ4n) is 1.38. The van der Waals surface area contributed by atoms with Crippen molar-refractivity contribution in [3.63, 3.8) is 0 Å². The van der Waals surface area contributed by atoms with Crippen molar-refractivity contribution in [2.45, 2.75) is 33.2 Å². The Morgan fingerprint density at radius 2 is 2.17 bits per heavy atom. The third-order valence-corrected chi connectivity index (χ3v) is 3.11. The second-order valence-electron chi connectivity index (χ2n) is 3.70. The Balaban J connectivity index is 2.65. The van der Waals surface area contributed by atoms with Gasteiger partial charge in [-0.25, -0.2) is 0 Å². The van der Waals surface area contributed by atoms with Crippen LogP contribution in [-0.4, -0.2) is 0 Å². The third-order valence-electron chi connectivity index (χ3n) is 1.96. The molecule has 12 heavy (non-hydrogen) atoms. The van der Waals surface area contributed by atoms with Crippen LogP contribution in [0.1, 0.15) is 36.8 Å². The van der Waals surface area contributed by atoms with E-state index in [1.54, 1.807) is 11.3 Å². The summed E-state index contributed by atoms with van der Waals surface area (Å²) in [6, 6.07) is 2.38. The van der Waals surface area contributed by atoms with E-state index in [-0.39, 0.29) is 6.04 Å². The summed E-state index contributed by atoms with van der Waals surface area (Å²) in [5, 5.41) is 2.12. The lowest BCUT2D eigenvalue weighted by molar-refractivity contribution is 0.514. The predicted octanol–water partition coefficient (Wildman–Crippen LogP) is 3.10. The SMILES string of the molecule is Cc1ccsc1[C@H](N)CC(C)C. The quantitative estimate of drug-likeness (QED) is 0.765. The van der Waals surface area contributed by atoms with E-state index < -0.39 is 0 Å². The van der Waals surface area contributed by atoms with E-state index in [9.17, 15) is 0 Å². The molecule has 0 fully saturated rings. The van der Waals surface area contributed by atoms with Crippen molar-refractivity contribution in [2.75, 3.05) is 0 Å². The predicted molar refractivity (Wildman–Crippen MR) is 55.4 cm³/mol. The van der Waals surface area contributed by atoms with Gasteiger partial charge in [-0.15, -0.1) is 11.3 Å². The van der Waals surface area contributed by atoms with E-state index in [0.717, 1.165) is 6.42 Å². The monoisotopic (exact) mass is 183 g/mol. The number of thiophene rings is 1. The molecule has 1 aromatic rings. The van der Waals surface area contributed by atoms with Gasteiger partial charge in [0.2, 0.25) is 0 Å². The van der Waals surface area contributed by atoms with Crippen LogP contribution in [-0.2, 0) is 0 Å². The Morgan fingerprint density at radius 3 is 2.58 bits per heavy atom. The number of rotatable bonds is 3. The molecule has 0 aliphatic rings. The summed E-state index contributed by atoms with van der Waals surface area (Å²) in [5.41, 5.74) is 7.39. The molecule has 1 rings (SSSR count). The lowest BCUT2D eigenvalue weighted by Gasteiger charge is -2.13. The Kier molecular flexibility index (Phi) is 3.29. The minimum Gasteiger partial charge on any atom is -0.323 e. The molecular formula is C10H17NS. The topological polar surface area (TPSA) is 26.0 Å². The van der Waals surface area contributed by atoms with Crippen molar-refractivity contribution in [1.29, 1.82) is 0 Å². The summed E-state index contributed by atoms with van der Waals surface area (Å²) in [6.07, 6.45) is 1.08. The minimum atomic E-state index is 0.241. The maximum absolute atomic E-state index is 6.05. The summed E-state index contributed by atoms with van der Waals surface area (Å²) in [5.74, 6) is 0.682. The average molecular weight is 183 g/mol. The van der Waals surface area contributed by atoms with Crippen molar-refractivity contribution >= 4 is 11.3 Å². The molecule has 1 nitrogen and oxygen atoms in total. The zero-order valence-corrected chi connectivity index (χ0v) is 8.82. The smallest absolute Gasteiger partial charge is 0.0394 e. The Morgan fingerprint density at radius 1 is 1.50 bits per heavy atom. The molecular weight excluding hydrogens is 166 g/mol. The van der Waals surface area contributed by atoms with Gasteiger partial charge in [-0.1, -0.05) is 13.8 Å². The molecule has 0 aliphatic carbocycles. The lowest BCUT2D eigenvalue weighted by Crippen LogP contribution is -2.12. The second kappa shape index (κ2) is 4.06. The van der Waals surface area contributed by atoms with E-state index in [4.69, 9.17) is 5.73 Å². The van der Waals surface area contributed by atoms with Crippen LogP contribution in [0, 0.1) is 12.8 Å². The van der Waals surface area contributed by atoms with Crippen LogP contribution >= 0.6 is 11.3 Å². The zero-order valence-electron chi connectivity index (χ0n) is 8.00. The number of hydrogen-bond acceptors (Lipinski definition) is 2. The highest BCUT2D eigenvalue weighted by Gasteiger charge is 2.11. The van der Waals surface area contributed by atoms with Gasteiger partial charge in [0.1, 0.15) is 0 Å². The number of hydrogen-bond donors (Lipinski definition) is 1. The molecule has 0 bridgehead atoms. The maximum Gasteiger partial charge on any atom is 0.0394 e. The molecule has 2 heteroatoms. The van der Waals surface area contributed by atoms with E-state index in [2.05, 4.69) is 32.2 Å². The van der Waals surface area contributed by atoms with E-state index in [1.807, 2.05) is 0 Å². The van der Waals surface area contributed by atoms with Gasteiger partial charge in [0.25, 0.3) is 0 Å². The zero-order chi connectivity index (χ0) is 9.14. The van der Waals surface area contributed by atoms with E-state index in [0.29, 0.717) is 5.92 Å². The first-order valence-electron chi connectivity index (χ1n) is 4.41. The Labute approximate surface area is 78.6 Å². The molecule has 0 saturated carbocycles. The number of nitrogens with two attached hydrogens (primary N) is 1. The molecule has 1 atom stereocenters. The molecule has 0 saturated heterocycles. The first-order valence-corrected chi connectivity index (χ1v) is 5.28. The molecule has 0 aliphatic heterocycles. The van der Waals surface area contributed by atoms with Gasteiger partial charge in [-0.2, -0.15) is 0 Å². The van der Waals surface area contributed by atoms with E-state index >= 15 is 0 Å². The van der Waals surface area contributed by atoms with Crippen LogP contribution in [0.25, 0.3) is 0 Å². The molecule has 1 aromatic heterocycles. The third kappa shape index (κ3) is 2.32. The highest BCUT2D eigenvalue weighted by molar-refractivity contribution is 7.10. The van der Waals surface area contributed by atoms with Gasteiger partial charge in [-0.3, -0.25) is 0 Å². The summed E-state index contributed by atoms with van der Waals surface area (Å²) in [4.78, 5) is 1.35. The van der Waals surface area contributed by atoms with Crippen LogP contribution in [0.5, 0.6) is 0 Å². The molecule has 68 valence electrons. The molecule has 0 spiro atoms. The number of aryl methyl sites for hydroxylation is 1. The molecule has 0 amide bonds. The fourth-order valence-corrected chi connectivity index (χ4v) is 2.32. The van der Waals surface area contributed by atoms with Crippen LogP contribution in [0.15, 0.2) is 11.4 Å². The largest absolute Gasteiger partial charge is 0.323 e. The van der Waals surface area contributed by atoms with Gasteiger partial charge in [0.15, 0.2) is 0 Å². The van der Waals surface area contributed by atoms with Crippen molar-refractivity contribution < 1.29 is 0 Å². The fraction of sp³-hybridized carbons (Fsp3) is 0.600. The summed E-state index contributed by atoms with van der Waals surface area (Å²) in [6.45, 7) is 6.55. The highest BCUT2D eigenvalue weighted by Crippen LogP contribution is 2.26. The molecule has 1 heterocycles. The van der Waals surface area contributed by atoms with E-state index in [1.165, 1.54) is 10.4 Å². The van der Waals surface area contributed by atoms with Crippen LogP contribution in [0.3, 0.4) is 0 Å². The van der Waals surface area contributed by atoms with Gasteiger partial charge in [-0.05, 0) is 36.3 Å². The van der Waals surface area contributed by atoms with Crippen LogP contribution in [0.4, 0.5) is 0 Å². The highest BCUT2D eigenvalue weighted by atomic mass is 32.1.